The van der Waals surface area contributed by atoms with Gasteiger partial charge in [-0.25, -0.2) is 0 Å². The number of piperazine rings is 1. The van der Waals surface area contributed by atoms with Crippen molar-refractivity contribution in [1.82, 2.24) is 15.5 Å². The summed E-state index contributed by atoms with van der Waals surface area (Å²) in [6, 6.07) is -0.450. The van der Waals surface area contributed by atoms with Crippen LogP contribution in [0.4, 0.5) is 0 Å². The Morgan fingerprint density at radius 1 is 1.47 bits per heavy atom. The normalized spacial score (nSPS) is 31.7. The molecule has 0 aromatic rings. The number of hydrogen-bond donors (Lipinski definition) is 3. The second-order valence-electron chi connectivity index (χ2n) is 5.47. The van der Waals surface area contributed by atoms with Gasteiger partial charge in [-0.3, -0.25) is 19.7 Å². The Labute approximate surface area is 111 Å². The van der Waals surface area contributed by atoms with Crippen LogP contribution in [0.1, 0.15) is 19.8 Å². The van der Waals surface area contributed by atoms with E-state index in [-0.39, 0.29) is 31.4 Å². The third-order valence-corrected chi connectivity index (χ3v) is 3.83. The van der Waals surface area contributed by atoms with Gasteiger partial charge in [0.25, 0.3) is 0 Å². The maximum Gasteiger partial charge on any atom is 0.311 e. The SMILES string of the molecule is CC1(C(=O)O)CCCN(C(=O)C2CNC(=O)CN2)C1. The fourth-order valence-corrected chi connectivity index (χ4v) is 2.56. The number of nitrogens with one attached hydrogen (secondary N) is 2. The van der Waals surface area contributed by atoms with Crippen LogP contribution < -0.4 is 10.6 Å². The average molecular weight is 269 g/mol. The maximum atomic E-state index is 12.3. The van der Waals surface area contributed by atoms with Gasteiger partial charge >= 0.3 is 5.97 Å². The van der Waals surface area contributed by atoms with Gasteiger partial charge < -0.3 is 15.3 Å². The lowest BCUT2D eigenvalue weighted by atomic mass is 9.82. The number of carbonyl (C=O) groups is 3. The van der Waals surface area contributed by atoms with Crippen LogP contribution in [0.15, 0.2) is 0 Å². The zero-order valence-electron chi connectivity index (χ0n) is 10.9. The second kappa shape index (κ2) is 5.16. The molecule has 0 radical (unpaired) electrons. The van der Waals surface area contributed by atoms with Gasteiger partial charge in [-0.15, -0.1) is 0 Å². The molecule has 0 aromatic carbocycles. The molecule has 2 unspecified atom stereocenters. The Morgan fingerprint density at radius 3 is 2.79 bits per heavy atom. The number of nitrogens with zero attached hydrogens (tertiary/aromatic N) is 1. The van der Waals surface area contributed by atoms with Gasteiger partial charge in [0.15, 0.2) is 0 Å². The van der Waals surface area contributed by atoms with Crippen LogP contribution in [-0.2, 0) is 14.4 Å². The largest absolute Gasteiger partial charge is 0.481 e. The Balaban J connectivity index is 1.99. The minimum Gasteiger partial charge on any atom is -0.481 e. The van der Waals surface area contributed by atoms with Gasteiger partial charge in [-0.1, -0.05) is 0 Å². The lowest BCUT2D eigenvalue weighted by Crippen LogP contribution is -2.60. The van der Waals surface area contributed by atoms with Crippen molar-refractivity contribution >= 4 is 17.8 Å². The minimum atomic E-state index is -0.869. The second-order valence-corrected chi connectivity index (χ2v) is 5.47. The summed E-state index contributed by atoms with van der Waals surface area (Å²) in [7, 11) is 0. The van der Waals surface area contributed by atoms with E-state index < -0.39 is 17.4 Å². The lowest BCUT2D eigenvalue weighted by molar-refractivity contribution is -0.154. The number of hydrogen-bond acceptors (Lipinski definition) is 4. The van der Waals surface area contributed by atoms with E-state index in [2.05, 4.69) is 10.6 Å². The quantitative estimate of drug-likeness (QED) is 0.584. The van der Waals surface area contributed by atoms with Crippen molar-refractivity contribution in [3.8, 4) is 0 Å². The van der Waals surface area contributed by atoms with Crippen LogP contribution >= 0.6 is 0 Å². The van der Waals surface area contributed by atoms with Gasteiger partial charge in [0, 0.05) is 19.6 Å². The molecule has 106 valence electrons. The molecule has 0 aliphatic carbocycles. The first-order valence-electron chi connectivity index (χ1n) is 6.45. The number of rotatable bonds is 2. The molecule has 2 atom stereocenters. The van der Waals surface area contributed by atoms with Crippen LogP contribution in [0.25, 0.3) is 0 Å². The summed E-state index contributed by atoms with van der Waals surface area (Å²) in [5.41, 5.74) is -0.869. The predicted octanol–water partition coefficient (Wildman–Crippen LogP) is -1.21. The van der Waals surface area contributed by atoms with Crippen LogP contribution in [0.2, 0.25) is 0 Å². The number of aliphatic carboxylic acids is 1. The first kappa shape index (κ1) is 13.8. The fraction of sp³-hybridized carbons (Fsp3) is 0.750. The molecule has 0 spiro atoms. The van der Waals surface area contributed by atoms with Crippen molar-refractivity contribution in [2.75, 3.05) is 26.2 Å². The third-order valence-electron chi connectivity index (χ3n) is 3.83. The van der Waals surface area contributed by atoms with Crippen molar-refractivity contribution in [2.45, 2.75) is 25.8 Å². The molecular formula is C12H19N3O4. The van der Waals surface area contributed by atoms with E-state index >= 15 is 0 Å². The number of amides is 2. The van der Waals surface area contributed by atoms with Crippen LogP contribution in [0, 0.1) is 5.41 Å². The van der Waals surface area contributed by atoms with E-state index in [9.17, 15) is 19.5 Å². The summed E-state index contributed by atoms with van der Waals surface area (Å²) in [6.07, 6.45) is 1.27. The third kappa shape index (κ3) is 2.86. The van der Waals surface area contributed by atoms with Crippen molar-refractivity contribution in [3.63, 3.8) is 0 Å². The van der Waals surface area contributed by atoms with Crippen molar-refractivity contribution < 1.29 is 19.5 Å². The molecule has 0 aromatic heterocycles. The van der Waals surface area contributed by atoms with Crippen LogP contribution in [0.5, 0.6) is 0 Å². The van der Waals surface area contributed by atoms with E-state index in [0.717, 1.165) is 0 Å². The van der Waals surface area contributed by atoms with Gasteiger partial charge in [0.05, 0.1) is 12.0 Å². The summed E-state index contributed by atoms with van der Waals surface area (Å²) >= 11 is 0. The molecule has 2 saturated heterocycles. The van der Waals surface area contributed by atoms with E-state index in [1.807, 2.05) is 0 Å². The lowest BCUT2D eigenvalue weighted by Gasteiger charge is -2.39. The molecule has 3 N–H and O–H groups in total. The topological polar surface area (TPSA) is 98.7 Å². The molecule has 2 rings (SSSR count). The number of carboxylic acids is 1. The standard InChI is InChI=1S/C12H19N3O4/c1-12(11(18)19)3-2-4-15(7-12)10(17)8-5-14-9(16)6-13-8/h8,13H,2-7H2,1H3,(H,14,16)(H,18,19). The molecule has 19 heavy (non-hydrogen) atoms. The molecule has 2 amide bonds. The highest BCUT2D eigenvalue weighted by molar-refractivity contribution is 5.87. The predicted molar refractivity (Wildman–Crippen MR) is 66.4 cm³/mol. The zero-order chi connectivity index (χ0) is 14.0. The summed E-state index contributed by atoms with van der Waals surface area (Å²) < 4.78 is 0. The highest BCUT2D eigenvalue weighted by Crippen LogP contribution is 2.29. The van der Waals surface area contributed by atoms with Crippen molar-refractivity contribution in [1.29, 1.82) is 0 Å². The van der Waals surface area contributed by atoms with E-state index in [0.29, 0.717) is 19.4 Å². The van der Waals surface area contributed by atoms with Gasteiger partial charge in [0.2, 0.25) is 11.8 Å². The number of likely N-dealkylation sites (tertiary alicyclic amines) is 1. The van der Waals surface area contributed by atoms with Crippen molar-refractivity contribution in [2.24, 2.45) is 5.41 Å². The van der Waals surface area contributed by atoms with Crippen LogP contribution in [-0.4, -0.2) is 60.0 Å². The maximum absolute atomic E-state index is 12.3. The Morgan fingerprint density at radius 2 is 2.21 bits per heavy atom. The van der Waals surface area contributed by atoms with Gasteiger partial charge in [-0.2, -0.15) is 0 Å². The molecular weight excluding hydrogens is 250 g/mol. The fourth-order valence-electron chi connectivity index (χ4n) is 2.56. The Kier molecular flexibility index (Phi) is 3.75. The summed E-state index contributed by atoms with van der Waals surface area (Å²) in [4.78, 5) is 36.2. The summed E-state index contributed by atoms with van der Waals surface area (Å²) in [6.45, 7) is 2.87. The van der Waals surface area contributed by atoms with Gasteiger partial charge in [0.1, 0.15) is 6.04 Å². The molecule has 2 aliphatic heterocycles. The van der Waals surface area contributed by atoms with E-state index in [1.54, 1.807) is 11.8 Å². The molecule has 7 heteroatoms. The minimum absolute atomic E-state index is 0.125. The number of piperidine rings is 1. The summed E-state index contributed by atoms with van der Waals surface area (Å²) in [5.74, 6) is -1.12. The molecule has 2 heterocycles. The number of carbonyl (C=O) groups excluding carboxylic acids is 2. The van der Waals surface area contributed by atoms with Crippen LogP contribution in [0.3, 0.4) is 0 Å². The first-order chi connectivity index (χ1) is 8.92. The Hall–Kier alpha value is -1.63. The average Bonchev–Trinajstić information content (AvgIpc) is 2.39. The summed E-state index contributed by atoms with van der Waals surface area (Å²) in [5, 5.41) is 14.7. The molecule has 0 saturated carbocycles. The number of carboxylic acid groups (broad SMARTS) is 1. The Bertz CT molecular complexity index is 402. The van der Waals surface area contributed by atoms with Gasteiger partial charge in [-0.05, 0) is 19.8 Å². The zero-order valence-corrected chi connectivity index (χ0v) is 10.9. The van der Waals surface area contributed by atoms with E-state index in [1.165, 1.54) is 0 Å². The first-order valence-corrected chi connectivity index (χ1v) is 6.45. The molecule has 7 nitrogen and oxygen atoms in total. The highest BCUT2D eigenvalue weighted by Gasteiger charge is 2.41. The van der Waals surface area contributed by atoms with E-state index in [4.69, 9.17) is 0 Å². The molecule has 0 bridgehead atoms. The highest BCUT2D eigenvalue weighted by atomic mass is 16.4. The monoisotopic (exact) mass is 269 g/mol. The smallest absolute Gasteiger partial charge is 0.311 e. The molecule has 2 fully saturated rings. The molecule has 2 aliphatic rings. The van der Waals surface area contributed by atoms with Crippen molar-refractivity contribution in [3.05, 3.63) is 0 Å².